The van der Waals surface area contributed by atoms with Crippen LogP contribution in [0.25, 0.3) is 0 Å². The molecular weight excluding hydrogens is 377 g/mol. The van der Waals surface area contributed by atoms with Crippen molar-refractivity contribution < 1.29 is 33.4 Å². The number of rotatable bonds is 3. The second-order valence-electron chi connectivity index (χ2n) is 4.97. The molecule has 0 unspecified atom stereocenters. The minimum atomic E-state index is -1.51. The molecule has 0 atom stereocenters. The molecule has 2 N–H and O–H groups in total. The average Bonchev–Trinajstić information content (AvgIpc) is 2.39. The quantitative estimate of drug-likeness (QED) is 0.466. The first-order chi connectivity index (χ1) is 10.6. The standard InChI is InChI=1S/C14H11BrFNO6/c1-14(2)22-12(20)6(13(21)23-14)5-17-8-4-3-7(15)10(16)9(8)11(18)19/h3-5,17H,1-2H3,(H,18,19). The van der Waals surface area contributed by atoms with Crippen molar-refractivity contribution in [2.45, 2.75) is 19.6 Å². The van der Waals surface area contributed by atoms with Gasteiger partial charge < -0.3 is 19.9 Å². The summed E-state index contributed by atoms with van der Waals surface area (Å²) in [5, 5.41) is 11.5. The zero-order valence-corrected chi connectivity index (χ0v) is 13.6. The number of aromatic carboxylic acids is 1. The van der Waals surface area contributed by atoms with Crippen LogP contribution in [0.2, 0.25) is 0 Å². The van der Waals surface area contributed by atoms with E-state index in [2.05, 4.69) is 21.2 Å². The molecule has 0 aliphatic carbocycles. The van der Waals surface area contributed by atoms with Gasteiger partial charge in [0.05, 0.1) is 10.2 Å². The topological polar surface area (TPSA) is 102 Å². The summed E-state index contributed by atoms with van der Waals surface area (Å²) in [6.07, 6.45) is 0.912. The number of benzene rings is 1. The van der Waals surface area contributed by atoms with E-state index in [0.717, 1.165) is 6.20 Å². The second-order valence-corrected chi connectivity index (χ2v) is 5.82. The Morgan fingerprint density at radius 3 is 2.39 bits per heavy atom. The molecule has 0 aromatic heterocycles. The Kier molecular flexibility index (Phi) is 4.42. The van der Waals surface area contributed by atoms with Gasteiger partial charge >= 0.3 is 17.9 Å². The molecule has 7 nitrogen and oxygen atoms in total. The van der Waals surface area contributed by atoms with E-state index in [1.807, 2.05) is 0 Å². The van der Waals surface area contributed by atoms with Gasteiger partial charge in [-0.1, -0.05) is 0 Å². The largest absolute Gasteiger partial charge is 0.478 e. The van der Waals surface area contributed by atoms with Crippen molar-refractivity contribution in [3.8, 4) is 0 Å². The van der Waals surface area contributed by atoms with Crippen molar-refractivity contribution in [3.63, 3.8) is 0 Å². The van der Waals surface area contributed by atoms with E-state index in [1.54, 1.807) is 0 Å². The smallest absolute Gasteiger partial charge is 0.350 e. The number of hydrogen-bond acceptors (Lipinski definition) is 6. The lowest BCUT2D eigenvalue weighted by molar-refractivity contribution is -0.222. The van der Waals surface area contributed by atoms with E-state index >= 15 is 0 Å². The number of carbonyl (C=O) groups is 3. The molecule has 1 aliphatic rings. The van der Waals surface area contributed by atoms with Gasteiger partial charge in [0.15, 0.2) is 11.4 Å². The number of esters is 2. The zero-order chi connectivity index (χ0) is 17.4. The van der Waals surface area contributed by atoms with E-state index < -0.39 is 40.6 Å². The van der Waals surface area contributed by atoms with E-state index in [4.69, 9.17) is 14.6 Å². The summed E-state index contributed by atoms with van der Waals surface area (Å²) < 4.78 is 23.6. The molecule has 1 aromatic carbocycles. The lowest BCUT2D eigenvalue weighted by Crippen LogP contribution is -2.42. The third-order valence-corrected chi connectivity index (χ3v) is 3.41. The molecule has 23 heavy (non-hydrogen) atoms. The Bertz CT molecular complexity index is 721. The molecule has 1 fully saturated rings. The van der Waals surface area contributed by atoms with Crippen LogP contribution in [0.15, 0.2) is 28.4 Å². The Hall–Kier alpha value is -2.42. The second kappa shape index (κ2) is 5.99. The summed E-state index contributed by atoms with van der Waals surface area (Å²) >= 11 is 2.88. The van der Waals surface area contributed by atoms with Gasteiger partial charge in [0.1, 0.15) is 5.56 Å². The van der Waals surface area contributed by atoms with Crippen LogP contribution in [0.5, 0.6) is 0 Å². The van der Waals surface area contributed by atoms with E-state index in [-0.39, 0.29) is 10.2 Å². The molecule has 1 heterocycles. The predicted molar refractivity (Wildman–Crippen MR) is 79.0 cm³/mol. The van der Waals surface area contributed by atoms with Crippen molar-refractivity contribution in [2.75, 3.05) is 5.32 Å². The highest BCUT2D eigenvalue weighted by Crippen LogP contribution is 2.27. The summed E-state index contributed by atoms with van der Waals surface area (Å²) in [7, 11) is 0. The lowest BCUT2D eigenvalue weighted by Gasteiger charge is -2.29. The Morgan fingerprint density at radius 2 is 1.87 bits per heavy atom. The molecule has 0 bridgehead atoms. The molecule has 1 saturated heterocycles. The van der Waals surface area contributed by atoms with Gasteiger partial charge in [-0.25, -0.2) is 18.8 Å². The fourth-order valence-corrected chi connectivity index (χ4v) is 2.14. The maximum atomic E-state index is 13.9. The molecular formula is C14H11BrFNO6. The number of anilines is 1. The Morgan fingerprint density at radius 1 is 1.30 bits per heavy atom. The highest BCUT2D eigenvalue weighted by molar-refractivity contribution is 9.10. The fraction of sp³-hybridized carbons (Fsp3) is 0.214. The summed E-state index contributed by atoms with van der Waals surface area (Å²) in [4.78, 5) is 34.7. The number of halogens is 2. The van der Waals surface area contributed by atoms with Crippen LogP contribution in [0.3, 0.4) is 0 Å². The Balaban J connectivity index is 2.34. The van der Waals surface area contributed by atoms with Crippen LogP contribution >= 0.6 is 15.9 Å². The first-order valence-corrected chi connectivity index (χ1v) is 7.06. The fourth-order valence-electron chi connectivity index (χ4n) is 1.81. The molecule has 9 heteroatoms. The van der Waals surface area contributed by atoms with E-state index in [1.165, 1.54) is 26.0 Å². The van der Waals surface area contributed by atoms with Crippen molar-refractivity contribution in [3.05, 3.63) is 39.8 Å². The highest BCUT2D eigenvalue weighted by Gasteiger charge is 2.39. The third-order valence-electron chi connectivity index (χ3n) is 2.80. The SMILES string of the molecule is CC1(C)OC(=O)C(=CNc2ccc(Br)c(F)c2C(=O)O)C(=O)O1. The van der Waals surface area contributed by atoms with Gasteiger partial charge in [-0.3, -0.25) is 0 Å². The van der Waals surface area contributed by atoms with Gasteiger partial charge in [0.25, 0.3) is 5.79 Å². The van der Waals surface area contributed by atoms with Crippen LogP contribution < -0.4 is 5.32 Å². The van der Waals surface area contributed by atoms with Crippen molar-refractivity contribution in [1.82, 2.24) is 0 Å². The third kappa shape index (κ3) is 3.50. The molecule has 0 radical (unpaired) electrons. The Labute approximate surface area is 138 Å². The maximum absolute atomic E-state index is 13.9. The van der Waals surface area contributed by atoms with Crippen LogP contribution in [0.4, 0.5) is 10.1 Å². The molecule has 0 spiro atoms. The number of hydrogen-bond donors (Lipinski definition) is 2. The maximum Gasteiger partial charge on any atom is 0.350 e. The van der Waals surface area contributed by atoms with Gasteiger partial charge in [-0.05, 0) is 28.1 Å². The minimum absolute atomic E-state index is 0.0358. The molecule has 122 valence electrons. The zero-order valence-electron chi connectivity index (χ0n) is 12.0. The molecule has 0 saturated carbocycles. The van der Waals surface area contributed by atoms with Crippen LogP contribution in [0.1, 0.15) is 24.2 Å². The highest BCUT2D eigenvalue weighted by atomic mass is 79.9. The summed E-state index contributed by atoms with van der Waals surface area (Å²) in [5.41, 5.74) is -1.26. The van der Waals surface area contributed by atoms with Crippen LogP contribution in [-0.4, -0.2) is 28.8 Å². The summed E-state index contributed by atoms with van der Waals surface area (Å²) in [6.45, 7) is 2.78. The first kappa shape index (κ1) is 16.9. The summed E-state index contributed by atoms with van der Waals surface area (Å²) in [5.74, 6) is -5.77. The number of carboxylic acid groups (broad SMARTS) is 1. The number of ether oxygens (including phenoxy) is 2. The predicted octanol–water partition coefficient (Wildman–Crippen LogP) is 2.42. The molecule has 2 rings (SSSR count). The summed E-state index contributed by atoms with van der Waals surface area (Å²) in [6, 6.07) is 2.56. The number of carbonyl (C=O) groups excluding carboxylic acids is 2. The number of cyclic esters (lactones) is 2. The van der Waals surface area contributed by atoms with Crippen molar-refractivity contribution in [1.29, 1.82) is 0 Å². The molecule has 1 aliphatic heterocycles. The normalized spacial score (nSPS) is 16.4. The van der Waals surface area contributed by atoms with Gasteiger partial charge in [-0.2, -0.15) is 0 Å². The van der Waals surface area contributed by atoms with Gasteiger partial charge in [0, 0.05) is 20.0 Å². The van der Waals surface area contributed by atoms with E-state index in [9.17, 15) is 18.8 Å². The average molecular weight is 388 g/mol. The van der Waals surface area contributed by atoms with Gasteiger partial charge in [0.2, 0.25) is 0 Å². The molecule has 1 aromatic rings. The molecule has 0 amide bonds. The first-order valence-electron chi connectivity index (χ1n) is 6.27. The van der Waals surface area contributed by atoms with Crippen molar-refractivity contribution in [2.24, 2.45) is 0 Å². The van der Waals surface area contributed by atoms with Crippen LogP contribution in [0, 0.1) is 5.82 Å². The monoisotopic (exact) mass is 387 g/mol. The van der Waals surface area contributed by atoms with Gasteiger partial charge in [-0.15, -0.1) is 0 Å². The van der Waals surface area contributed by atoms with E-state index in [0.29, 0.717) is 0 Å². The van der Waals surface area contributed by atoms with Crippen LogP contribution in [-0.2, 0) is 19.1 Å². The number of carboxylic acids is 1. The van der Waals surface area contributed by atoms with Crippen molar-refractivity contribution >= 4 is 39.5 Å². The minimum Gasteiger partial charge on any atom is -0.478 e. The number of nitrogens with one attached hydrogen (secondary N) is 1. The lowest BCUT2D eigenvalue weighted by atomic mass is 10.1.